The molecule has 1 fully saturated rings. The molecule has 0 aromatic carbocycles. The van der Waals surface area contributed by atoms with Gasteiger partial charge in [-0.25, -0.2) is 4.98 Å². The number of hydrogen-bond acceptors (Lipinski definition) is 7. The molecule has 1 aliphatic heterocycles. The van der Waals surface area contributed by atoms with E-state index < -0.39 is 31.0 Å². The van der Waals surface area contributed by atoms with Crippen molar-refractivity contribution < 1.29 is 20.1 Å². The highest BCUT2D eigenvalue weighted by Crippen LogP contribution is 2.34. The molecular weight excluding hydrogens is 266 g/mol. The van der Waals surface area contributed by atoms with Crippen LogP contribution in [0, 0.1) is 5.41 Å². The number of nitrogens with one attached hydrogen (secondary N) is 2. The third kappa shape index (κ3) is 1.75. The molecule has 0 radical (unpaired) electrons. The van der Waals surface area contributed by atoms with Gasteiger partial charge in [-0.1, -0.05) is 0 Å². The molecule has 2 aromatic heterocycles. The van der Waals surface area contributed by atoms with E-state index in [1.165, 1.54) is 10.9 Å². The molecule has 3 heterocycles. The fraction of sp³-hybridized carbons (Fsp3) is 0.545. The lowest BCUT2D eigenvalue weighted by atomic mass is 10.1. The van der Waals surface area contributed by atoms with Gasteiger partial charge >= 0.3 is 0 Å². The molecule has 1 aliphatic rings. The minimum atomic E-state index is -1.19. The highest BCUT2D eigenvalue weighted by molar-refractivity contribution is 5.75. The highest BCUT2D eigenvalue weighted by atomic mass is 16.6. The van der Waals surface area contributed by atoms with E-state index in [0.29, 0.717) is 16.7 Å². The van der Waals surface area contributed by atoms with Gasteiger partial charge in [-0.3, -0.25) is 10.5 Å². The summed E-state index contributed by atoms with van der Waals surface area (Å²) in [5.74, 6) is 0. The smallest absolute Gasteiger partial charge is 0.156 e. The first-order chi connectivity index (χ1) is 9.54. The van der Waals surface area contributed by atoms with Gasteiger partial charge in [0.25, 0.3) is 0 Å². The van der Waals surface area contributed by atoms with Gasteiger partial charge in [-0.05, 0) is 0 Å². The summed E-state index contributed by atoms with van der Waals surface area (Å²) < 4.78 is 6.93. The quantitative estimate of drug-likeness (QED) is 0.428. The van der Waals surface area contributed by atoms with Crippen LogP contribution in [0.3, 0.4) is 0 Å². The first-order valence-electron chi connectivity index (χ1n) is 6.11. The molecule has 0 aliphatic carbocycles. The van der Waals surface area contributed by atoms with E-state index in [9.17, 15) is 10.2 Å². The Morgan fingerprint density at radius 2 is 2.15 bits per heavy atom. The largest absolute Gasteiger partial charge is 0.394 e. The molecule has 20 heavy (non-hydrogen) atoms. The average molecular weight is 281 g/mol. The highest BCUT2D eigenvalue weighted by Gasteiger charge is 2.44. The SMILES string of the molecule is Cn1cnc2c([C@@H]3O[C@H](CO)[C@@H](O)[C@H]3O)[nH]nc2c1=N. The number of fused-ring (bicyclic) bond motifs is 1. The Morgan fingerprint density at radius 3 is 2.80 bits per heavy atom. The Hall–Kier alpha value is -1.81. The van der Waals surface area contributed by atoms with Gasteiger partial charge in [0, 0.05) is 7.05 Å². The molecule has 9 heteroatoms. The van der Waals surface area contributed by atoms with E-state index in [4.69, 9.17) is 15.3 Å². The van der Waals surface area contributed by atoms with E-state index in [0.717, 1.165) is 0 Å². The van der Waals surface area contributed by atoms with Gasteiger partial charge in [0.05, 0.1) is 18.6 Å². The maximum Gasteiger partial charge on any atom is 0.156 e. The number of aliphatic hydroxyl groups is 3. The molecule has 3 rings (SSSR count). The number of aliphatic hydroxyl groups excluding tert-OH is 3. The number of hydrogen-bond donors (Lipinski definition) is 5. The number of ether oxygens (including phenoxy) is 1. The van der Waals surface area contributed by atoms with Gasteiger partial charge in [-0.15, -0.1) is 0 Å². The maximum absolute atomic E-state index is 10.0. The van der Waals surface area contributed by atoms with Crippen LogP contribution in [0.2, 0.25) is 0 Å². The second kappa shape index (κ2) is 4.63. The van der Waals surface area contributed by atoms with Gasteiger partial charge < -0.3 is 24.6 Å². The molecular formula is C11H15N5O4. The molecule has 0 amide bonds. The molecule has 0 saturated carbocycles. The summed E-state index contributed by atoms with van der Waals surface area (Å²) >= 11 is 0. The number of rotatable bonds is 2. The molecule has 9 nitrogen and oxygen atoms in total. The summed E-state index contributed by atoms with van der Waals surface area (Å²) in [5.41, 5.74) is 1.31. The Bertz CT molecular complexity index is 696. The van der Waals surface area contributed by atoms with Gasteiger partial charge in [-0.2, -0.15) is 5.10 Å². The van der Waals surface area contributed by atoms with Crippen LogP contribution in [-0.2, 0) is 11.8 Å². The van der Waals surface area contributed by atoms with Crippen LogP contribution in [0.5, 0.6) is 0 Å². The fourth-order valence-corrected chi connectivity index (χ4v) is 2.35. The first-order valence-corrected chi connectivity index (χ1v) is 6.11. The minimum absolute atomic E-state index is 0.171. The van der Waals surface area contributed by atoms with Crippen molar-refractivity contribution in [2.45, 2.75) is 24.4 Å². The van der Waals surface area contributed by atoms with E-state index in [2.05, 4.69) is 15.2 Å². The lowest BCUT2D eigenvalue weighted by Crippen LogP contribution is -2.32. The van der Waals surface area contributed by atoms with E-state index in [1.54, 1.807) is 7.05 Å². The zero-order valence-corrected chi connectivity index (χ0v) is 10.7. The predicted octanol–water partition coefficient (Wildman–Crippen LogP) is -2.07. The van der Waals surface area contributed by atoms with Crippen molar-refractivity contribution in [2.24, 2.45) is 7.05 Å². The zero-order chi connectivity index (χ0) is 14.4. The molecule has 4 atom stereocenters. The predicted molar refractivity (Wildman–Crippen MR) is 65.4 cm³/mol. The summed E-state index contributed by atoms with van der Waals surface area (Å²) in [6, 6.07) is 0. The Morgan fingerprint density at radius 1 is 1.40 bits per heavy atom. The minimum Gasteiger partial charge on any atom is -0.394 e. The topological polar surface area (TPSA) is 140 Å². The molecule has 1 saturated heterocycles. The average Bonchev–Trinajstić information content (AvgIpc) is 2.98. The summed E-state index contributed by atoms with van der Waals surface area (Å²) in [7, 11) is 1.68. The van der Waals surface area contributed by atoms with Gasteiger partial charge in [0.15, 0.2) is 11.0 Å². The molecule has 0 unspecified atom stereocenters. The molecule has 108 valence electrons. The molecule has 0 bridgehead atoms. The van der Waals surface area contributed by atoms with E-state index in [1.807, 2.05) is 0 Å². The Labute approximate surface area is 113 Å². The van der Waals surface area contributed by atoms with Crippen molar-refractivity contribution in [2.75, 3.05) is 6.61 Å². The first kappa shape index (κ1) is 13.2. The normalized spacial score (nSPS) is 30.2. The van der Waals surface area contributed by atoms with Crippen molar-refractivity contribution in [1.82, 2.24) is 19.7 Å². The van der Waals surface area contributed by atoms with Crippen molar-refractivity contribution in [3.05, 3.63) is 17.5 Å². The van der Waals surface area contributed by atoms with Gasteiger partial charge in [0.1, 0.15) is 29.9 Å². The third-order valence-electron chi connectivity index (χ3n) is 3.53. The molecule has 0 spiro atoms. The van der Waals surface area contributed by atoms with Crippen molar-refractivity contribution in [3.8, 4) is 0 Å². The van der Waals surface area contributed by atoms with Crippen LogP contribution in [0.25, 0.3) is 11.0 Å². The second-order valence-electron chi connectivity index (χ2n) is 4.80. The Kier molecular flexibility index (Phi) is 3.05. The van der Waals surface area contributed by atoms with Crippen LogP contribution >= 0.6 is 0 Å². The summed E-state index contributed by atoms with van der Waals surface area (Å²) in [4.78, 5) is 4.17. The Balaban J connectivity index is 2.08. The van der Waals surface area contributed by atoms with Crippen molar-refractivity contribution >= 4 is 11.0 Å². The molecule has 2 aromatic rings. The van der Waals surface area contributed by atoms with Crippen molar-refractivity contribution in [1.29, 1.82) is 5.41 Å². The van der Waals surface area contributed by atoms with Crippen LogP contribution in [0.15, 0.2) is 6.33 Å². The lowest BCUT2D eigenvalue weighted by Gasteiger charge is -2.12. The number of aromatic amines is 1. The second-order valence-corrected chi connectivity index (χ2v) is 4.80. The lowest BCUT2D eigenvalue weighted by molar-refractivity contribution is -0.0236. The van der Waals surface area contributed by atoms with Crippen LogP contribution in [0.4, 0.5) is 0 Å². The van der Waals surface area contributed by atoms with Crippen LogP contribution in [0.1, 0.15) is 11.8 Å². The van der Waals surface area contributed by atoms with Crippen molar-refractivity contribution in [3.63, 3.8) is 0 Å². The van der Waals surface area contributed by atoms with E-state index >= 15 is 0 Å². The molecule has 5 N–H and O–H groups in total. The van der Waals surface area contributed by atoms with Gasteiger partial charge in [0.2, 0.25) is 0 Å². The standard InChI is InChI=1S/C11H15N5O4/c1-16-3-13-5-6(14-15-7(5)11(16)12)10-9(19)8(18)4(2-17)20-10/h3-4,8-10,12,17-19H,2H2,1H3,(H,14,15)/t4-,8-,9-,10+/m1/s1. The number of aromatic nitrogens is 4. The maximum atomic E-state index is 10.0. The number of H-pyrrole nitrogens is 1. The van der Waals surface area contributed by atoms with E-state index in [-0.39, 0.29) is 5.49 Å². The number of aryl methyl sites for hydroxylation is 1. The summed E-state index contributed by atoms with van der Waals surface area (Å²) in [5, 5.41) is 43.4. The summed E-state index contributed by atoms with van der Waals surface area (Å²) in [6.07, 6.45) is -2.64. The monoisotopic (exact) mass is 281 g/mol. The summed E-state index contributed by atoms with van der Waals surface area (Å²) in [6.45, 7) is -0.396. The zero-order valence-electron chi connectivity index (χ0n) is 10.7. The fourth-order valence-electron chi connectivity index (χ4n) is 2.35. The third-order valence-corrected chi connectivity index (χ3v) is 3.53. The number of nitrogens with zero attached hydrogens (tertiary/aromatic N) is 3. The van der Waals surface area contributed by atoms with Crippen LogP contribution < -0.4 is 5.49 Å². The van der Waals surface area contributed by atoms with Crippen LogP contribution in [-0.4, -0.2) is 60.0 Å².